The lowest BCUT2D eigenvalue weighted by molar-refractivity contribution is 0.0697. The van der Waals surface area contributed by atoms with Crippen molar-refractivity contribution in [3.8, 4) is 0 Å². The van der Waals surface area contributed by atoms with E-state index in [4.69, 9.17) is 10.8 Å². The Kier molecular flexibility index (Phi) is 12.6. The molecule has 0 radical (unpaired) electrons. The third-order valence-electron chi connectivity index (χ3n) is 4.24. The summed E-state index contributed by atoms with van der Waals surface area (Å²) in [6.45, 7) is 1.48. The van der Waals surface area contributed by atoms with Gasteiger partial charge in [-0.15, -0.1) is 0 Å². The van der Waals surface area contributed by atoms with Crippen molar-refractivity contribution >= 4 is 11.9 Å². The van der Waals surface area contributed by atoms with Gasteiger partial charge in [0.25, 0.3) is 5.91 Å². The number of allylic oxidation sites excluding steroid dienone is 2. The molecule has 0 aliphatic heterocycles. The van der Waals surface area contributed by atoms with Crippen LogP contribution in [0.4, 0.5) is 0 Å². The maximum atomic E-state index is 12.0. The highest BCUT2D eigenvalue weighted by Crippen LogP contribution is 2.07. The molecule has 6 nitrogen and oxygen atoms in total. The molecule has 6 heteroatoms. The highest BCUT2D eigenvalue weighted by molar-refractivity contribution is 5.97. The fourth-order valence-corrected chi connectivity index (χ4v) is 2.66. The number of benzene rings is 1. The van der Waals surface area contributed by atoms with Crippen LogP contribution < -0.4 is 16.6 Å². The van der Waals surface area contributed by atoms with Crippen LogP contribution in [0.15, 0.2) is 36.4 Å². The molecule has 0 saturated carbocycles. The van der Waals surface area contributed by atoms with Gasteiger partial charge in [0.05, 0.1) is 5.56 Å². The number of carboxylic acids is 1. The van der Waals surface area contributed by atoms with Gasteiger partial charge >= 0.3 is 5.97 Å². The highest BCUT2D eigenvalue weighted by atomic mass is 16.4. The van der Waals surface area contributed by atoms with Gasteiger partial charge in [-0.3, -0.25) is 10.2 Å². The summed E-state index contributed by atoms with van der Waals surface area (Å²) in [6, 6.07) is 5.99. The minimum Gasteiger partial charge on any atom is -0.478 e. The Morgan fingerprint density at radius 2 is 1.56 bits per heavy atom. The number of rotatable bonds is 15. The molecule has 0 unspecified atom stereocenters. The summed E-state index contributed by atoms with van der Waals surface area (Å²) >= 11 is 0. The van der Waals surface area contributed by atoms with Gasteiger partial charge in [-0.1, -0.05) is 37.5 Å². The monoisotopic (exact) mass is 375 g/mol. The minimum absolute atomic E-state index is 0.105. The van der Waals surface area contributed by atoms with Crippen molar-refractivity contribution < 1.29 is 14.7 Å². The molecule has 0 aliphatic rings. The maximum Gasteiger partial charge on any atom is 0.335 e. The van der Waals surface area contributed by atoms with Crippen molar-refractivity contribution in [3.63, 3.8) is 0 Å². The Morgan fingerprint density at radius 3 is 2.26 bits per heavy atom. The molecule has 0 saturated heterocycles. The number of hydrogen-bond acceptors (Lipinski definition) is 4. The number of hydrazine groups is 1. The quantitative estimate of drug-likeness (QED) is 0.213. The normalized spacial score (nSPS) is 11.0. The van der Waals surface area contributed by atoms with E-state index < -0.39 is 5.97 Å². The summed E-state index contributed by atoms with van der Waals surface area (Å²) in [6.07, 6.45) is 14.8. The number of hydrogen-bond donors (Lipinski definition) is 4. The van der Waals surface area contributed by atoms with Crippen LogP contribution in [-0.2, 0) is 0 Å². The fourth-order valence-electron chi connectivity index (χ4n) is 2.66. The van der Waals surface area contributed by atoms with Gasteiger partial charge in [-0.2, -0.15) is 0 Å². The molecule has 5 N–H and O–H groups in total. The van der Waals surface area contributed by atoms with Gasteiger partial charge < -0.3 is 10.8 Å². The van der Waals surface area contributed by atoms with Crippen LogP contribution >= 0.6 is 0 Å². The molecule has 1 aromatic carbocycles. The summed E-state index contributed by atoms with van der Waals surface area (Å²) in [5, 5.41) is 8.94. The largest absolute Gasteiger partial charge is 0.478 e. The molecule has 0 bridgehead atoms. The first kappa shape index (κ1) is 22.9. The molecule has 0 spiro atoms. The molecule has 150 valence electrons. The number of nitrogens with one attached hydrogen (secondary N) is 2. The second-order valence-corrected chi connectivity index (χ2v) is 6.58. The van der Waals surface area contributed by atoms with E-state index in [1.165, 1.54) is 37.8 Å². The van der Waals surface area contributed by atoms with Crippen molar-refractivity contribution in [1.29, 1.82) is 0 Å². The average molecular weight is 376 g/mol. The molecule has 0 aromatic heterocycles. The molecular weight excluding hydrogens is 342 g/mol. The van der Waals surface area contributed by atoms with E-state index in [-0.39, 0.29) is 11.5 Å². The molecule has 1 rings (SSSR count). The third-order valence-corrected chi connectivity index (χ3v) is 4.24. The molecule has 0 heterocycles. The van der Waals surface area contributed by atoms with Crippen LogP contribution in [0.3, 0.4) is 0 Å². The standard InChI is InChI=1S/C21H33N3O3/c22-15-10-8-6-4-2-1-3-5-7-9-11-16-23-24-20(25)18-13-12-14-19(17-18)21(26)27/h2,4,12-14,17,23H,1,3,5-11,15-16,22H2,(H,24,25)(H,26,27)/b4-2-. The lowest BCUT2D eigenvalue weighted by Crippen LogP contribution is -2.38. The van der Waals surface area contributed by atoms with Gasteiger partial charge in [0, 0.05) is 12.1 Å². The molecular formula is C21H33N3O3. The van der Waals surface area contributed by atoms with Crippen molar-refractivity contribution in [3.05, 3.63) is 47.5 Å². The van der Waals surface area contributed by atoms with Crippen molar-refractivity contribution in [2.24, 2.45) is 5.73 Å². The number of aromatic carboxylic acids is 1. The first-order chi connectivity index (χ1) is 13.1. The van der Waals surface area contributed by atoms with Crippen molar-refractivity contribution in [1.82, 2.24) is 10.9 Å². The van der Waals surface area contributed by atoms with Gasteiger partial charge in [-0.25, -0.2) is 10.2 Å². The van der Waals surface area contributed by atoms with Gasteiger partial charge in [0.2, 0.25) is 0 Å². The van der Waals surface area contributed by atoms with Crippen LogP contribution in [0.1, 0.15) is 78.5 Å². The third kappa shape index (κ3) is 11.2. The minimum atomic E-state index is -1.04. The van der Waals surface area contributed by atoms with E-state index in [0.717, 1.165) is 38.6 Å². The smallest absolute Gasteiger partial charge is 0.335 e. The Bertz CT molecular complexity index is 588. The van der Waals surface area contributed by atoms with E-state index in [2.05, 4.69) is 23.0 Å². The van der Waals surface area contributed by atoms with Crippen LogP contribution in [0.25, 0.3) is 0 Å². The molecule has 0 atom stereocenters. The van der Waals surface area contributed by atoms with E-state index in [9.17, 15) is 9.59 Å². The van der Waals surface area contributed by atoms with E-state index in [1.54, 1.807) is 12.1 Å². The predicted molar refractivity (Wildman–Crippen MR) is 109 cm³/mol. The Hall–Kier alpha value is -2.18. The topological polar surface area (TPSA) is 104 Å². The highest BCUT2D eigenvalue weighted by Gasteiger charge is 2.08. The zero-order chi connectivity index (χ0) is 19.7. The van der Waals surface area contributed by atoms with E-state index in [1.807, 2.05) is 0 Å². The second kappa shape index (κ2) is 14.9. The number of carboxylic acid groups (broad SMARTS) is 1. The number of carbonyl (C=O) groups excluding carboxylic acids is 1. The zero-order valence-electron chi connectivity index (χ0n) is 16.1. The van der Waals surface area contributed by atoms with Crippen LogP contribution in [0.2, 0.25) is 0 Å². The first-order valence-corrected chi connectivity index (χ1v) is 9.86. The predicted octanol–water partition coefficient (Wildman–Crippen LogP) is 3.65. The summed E-state index contributed by atoms with van der Waals surface area (Å²) in [5.41, 5.74) is 11.4. The molecule has 27 heavy (non-hydrogen) atoms. The first-order valence-electron chi connectivity index (χ1n) is 9.86. The Balaban J connectivity index is 1.99. The maximum absolute atomic E-state index is 12.0. The molecule has 0 aliphatic carbocycles. The zero-order valence-corrected chi connectivity index (χ0v) is 16.1. The Labute approximate surface area is 162 Å². The van der Waals surface area contributed by atoms with Gasteiger partial charge in [-0.05, 0) is 63.3 Å². The lowest BCUT2D eigenvalue weighted by Gasteiger charge is -2.07. The van der Waals surface area contributed by atoms with Gasteiger partial charge in [0.15, 0.2) is 0 Å². The molecule has 0 fully saturated rings. The van der Waals surface area contributed by atoms with E-state index >= 15 is 0 Å². The van der Waals surface area contributed by atoms with Gasteiger partial charge in [0.1, 0.15) is 0 Å². The number of unbranched alkanes of at least 4 members (excludes halogenated alkanes) is 7. The van der Waals surface area contributed by atoms with E-state index in [0.29, 0.717) is 12.1 Å². The average Bonchev–Trinajstić information content (AvgIpc) is 2.68. The lowest BCUT2D eigenvalue weighted by atomic mass is 10.1. The second-order valence-electron chi connectivity index (χ2n) is 6.58. The van der Waals surface area contributed by atoms with Crippen molar-refractivity contribution in [2.75, 3.05) is 13.1 Å². The van der Waals surface area contributed by atoms with Crippen LogP contribution in [0.5, 0.6) is 0 Å². The molecule has 1 aromatic rings. The summed E-state index contributed by atoms with van der Waals surface area (Å²) < 4.78 is 0. The number of nitrogens with two attached hydrogens (primary N) is 1. The van der Waals surface area contributed by atoms with Crippen LogP contribution in [-0.4, -0.2) is 30.1 Å². The summed E-state index contributed by atoms with van der Waals surface area (Å²) in [4.78, 5) is 22.9. The molecule has 1 amide bonds. The summed E-state index contributed by atoms with van der Waals surface area (Å²) in [7, 11) is 0. The van der Waals surface area contributed by atoms with Crippen molar-refractivity contribution in [2.45, 2.75) is 57.8 Å². The SMILES string of the molecule is NCCCC/C=C\CCCCCCCNNC(=O)c1cccc(C(=O)O)c1. The fraction of sp³-hybridized carbons (Fsp3) is 0.524. The number of carbonyl (C=O) groups is 2. The Morgan fingerprint density at radius 1 is 0.926 bits per heavy atom. The number of amides is 1. The summed E-state index contributed by atoms with van der Waals surface area (Å²) in [5.74, 6) is -1.36. The van der Waals surface area contributed by atoms with Crippen LogP contribution in [0, 0.1) is 0 Å².